The molecule has 10 heteroatoms. The van der Waals surface area contributed by atoms with Crippen LogP contribution in [-0.2, 0) is 6.54 Å². The molecule has 0 aromatic carbocycles. The molecule has 24 heavy (non-hydrogen) atoms. The highest BCUT2D eigenvalue weighted by Crippen LogP contribution is 2.16. The number of furan rings is 1. The molecule has 0 bridgehead atoms. The van der Waals surface area contributed by atoms with Crippen LogP contribution in [0, 0.1) is 17.0 Å². The summed E-state index contributed by atoms with van der Waals surface area (Å²) >= 11 is 0. The average molecular weight is 328 g/mol. The predicted molar refractivity (Wildman–Crippen MR) is 80.9 cm³/mol. The summed E-state index contributed by atoms with van der Waals surface area (Å²) in [6.45, 7) is 1.68. The number of aromatic nitrogens is 4. The number of rotatable bonds is 5. The Morgan fingerprint density at radius 1 is 1.50 bits per heavy atom. The number of hydrogen-bond donors (Lipinski definition) is 2. The first-order chi connectivity index (χ1) is 11.5. The first kappa shape index (κ1) is 15.3. The molecule has 0 atom stereocenters. The predicted octanol–water partition coefficient (Wildman–Crippen LogP) is 1.61. The van der Waals surface area contributed by atoms with E-state index in [1.165, 1.54) is 12.3 Å². The van der Waals surface area contributed by atoms with Gasteiger partial charge in [-0.1, -0.05) is 0 Å². The Morgan fingerprint density at radius 2 is 2.33 bits per heavy atom. The van der Waals surface area contributed by atoms with Crippen LogP contribution in [0.2, 0.25) is 0 Å². The van der Waals surface area contributed by atoms with Crippen molar-refractivity contribution in [3.05, 3.63) is 57.9 Å². The van der Waals surface area contributed by atoms with Gasteiger partial charge in [-0.15, -0.1) is 5.10 Å². The van der Waals surface area contributed by atoms with E-state index in [0.29, 0.717) is 23.1 Å². The van der Waals surface area contributed by atoms with E-state index in [1.807, 2.05) is 0 Å². The number of carbonyl (C=O) groups excluding carboxylic acids is 1. The number of aromatic amines is 1. The summed E-state index contributed by atoms with van der Waals surface area (Å²) in [5, 5.41) is 20.1. The molecule has 0 aliphatic rings. The van der Waals surface area contributed by atoms with Crippen molar-refractivity contribution < 1.29 is 14.1 Å². The van der Waals surface area contributed by atoms with Crippen LogP contribution in [-0.4, -0.2) is 31.0 Å². The molecule has 0 spiro atoms. The van der Waals surface area contributed by atoms with Crippen LogP contribution in [0.15, 0.2) is 35.1 Å². The number of carbonyl (C=O) groups is 1. The lowest BCUT2D eigenvalue weighted by molar-refractivity contribution is -0.385. The van der Waals surface area contributed by atoms with Crippen LogP contribution in [0.1, 0.15) is 21.9 Å². The fourth-order valence-corrected chi connectivity index (χ4v) is 2.00. The van der Waals surface area contributed by atoms with Gasteiger partial charge in [-0.25, -0.2) is 4.98 Å². The van der Waals surface area contributed by atoms with E-state index < -0.39 is 10.8 Å². The molecule has 3 aromatic rings. The topological polar surface area (TPSA) is 140 Å². The fourth-order valence-electron chi connectivity index (χ4n) is 2.00. The number of hydrogen-bond acceptors (Lipinski definition) is 7. The van der Waals surface area contributed by atoms with Crippen molar-refractivity contribution >= 4 is 11.6 Å². The molecule has 0 unspecified atom stereocenters. The first-order valence-electron chi connectivity index (χ1n) is 6.89. The summed E-state index contributed by atoms with van der Waals surface area (Å²) in [6.07, 6.45) is 2.61. The van der Waals surface area contributed by atoms with Gasteiger partial charge in [0.25, 0.3) is 11.6 Å². The van der Waals surface area contributed by atoms with Crippen molar-refractivity contribution in [2.45, 2.75) is 13.5 Å². The van der Waals surface area contributed by atoms with Crippen LogP contribution in [0.4, 0.5) is 5.69 Å². The van der Waals surface area contributed by atoms with Crippen molar-refractivity contribution in [2.75, 3.05) is 0 Å². The summed E-state index contributed by atoms with van der Waals surface area (Å²) < 4.78 is 5.17. The van der Waals surface area contributed by atoms with Crippen molar-refractivity contribution in [3.8, 4) is 11.6 Å². The number of H-pyrrole nitrogens is 1. The summed E-state index contributed by atoms with van der Waals surface area (Å²) in [7, 11) is 0. The van der Waals surface area contributed by atoms with E-state index in [1.54, 1.807) is 19.1 Å². The van der Waals surface area contributed by atoms with E-state index in [4.69, 9.17) is 4.42 Å². The molecular weight excluding hydrogens is 316 g/mol. The molecule has 10 nitrogen and oxygen atoms in total. The van der Waals surface area contributed by atoms with E-state index >= 15 is 0 Å². The second-order valence-corrected chi connectivity index (χ2v) is 4.85. The Kier molecular flexibility index (Phi) is 4.01. The van der Waals surface area contributed by atoms with E-state index in [-0.39, 0.29) is 17.8 Å². The van der Waals surface area contributed by atoms with Gasteiger partial charge in [0.15, 0.2) is 5.76 Å². The van der Waals surface area contributed by atoms with Crippen molar-refractivity contribution in [1.82, 2.24) is 25.5 Å². The van der Waals surface area contributed by atoms with Crippen LogP contribution in [0.3, 0.4) is 0 Å². The number of amides is 1. The molecule has 122 valence electrons. The molecular formula is C14H12N6O4. The molecule has 3 heterocycles. The lowest BCUT2D eigenvalue weighted by atomic mass is 10.2. The van der Waals surface area contributed by atoms with Gasteiger partial charge in [0.05, 0.1) is 29.0 Å². The second kappa shape index (κ2) is 6.28. The SMILES string of the molecule is Cc1ncc([N+](=O)[O-])cc1C(=O)NCc1nc(-c2ccco2)n[nH]1. The summed E-state index contributed by atoms with van der Waals surface area (Å²) in [6, 6.07) is 4.61. The zero-order chi connectivity index (χ0) is 17.1. The number of pyridine rings is 1. The van der Waals surface area contributed by atoms with E-state index in [2.05, 4.69) is 25.5 Å². The molecule has 0 radical (unpaired) electrons. The van der Waals surface area contributed by atoms with E-state index in [9.17, 15) is 14.9 Å². The summed E-state index contributed by atoms with van der Waals surface area (Å²) in [5.74, 6) is 0.811. The molecule has 1 amide bonds. The Balaban J connectivity index is 1.70. The minimum Gasteiger partial charge on any atom is -0.461 e. The highest BCUT2D eigenvalue weighted by molar-refractivity contribution is 5.95. The van der Waals surface area contributed by atoms with Crippen molar-refractivity contribution in [3.63, 3.8) is 0 Å². The largest absolute Gasteiger partial charge is 0.461 e. The van der Waals surface area contributed by atoms with Crippen LogP contribution < -0.4 is 5.32 Å². The third-order valence-electron chi connectivity index (χ3n) is 3.22. The Labute approximate surface area is 135 Å². The molecule has 2 N–H and O–H groups in total. The lowest BCUT2D eigenvalue weighted by Gasteiger charge is -2.05. The Hall–Kier alpha value is -3.56. The molecule has 0 fully saturated rings. The second-order valence-electron chi connectivity index (χ2n) is 4.85. The van der Waals surface area contributed by atoms with Gasteiger partial charge in [0.1, 0.15) is 12.0 Å². The van der Waals surface area contributed by atoms with Gasteiger partial charge in [-0.2, -0.15) is 0 Å². The normalized spacial score (nSPS) is 10.5. The van der Waals surface area contributed by atoms with Crippen LogP contribution >= 0.6 is 0 Å². The van der Waals surface area contributed by atoms with Gasteiger partial charge in [0.2, 0.25) is 5.82 Å². The number of nitrogens with one attached hydrogen (secondary N) is 2. The van der Waals surface area contributed by atoms with Crippen molar-refractivity contribution in [2.24, 2.45) is 0 Å². The Bertz CT molecular complexity index is 887. The average Bonchev–Trinajstić information content (AvgIpc) is 3.24. The molecule has 0 aliphatic carbocycles. The maximum absolute atomic E-state index is 12.2. The summed E-state index contributed by atoms with van der Waals surface area (Å²) in [4.78, 5) is 30.4. The van der Waals surface area contributed by atoms with Crippen LogP contribution in [0.25, 0.3) is 11.6 Å². The molecule has 3 rings (SSSR count). The minimum absolute atomic E-state index is 0.0780. The zero-order valence-corrected chi connectivity index (χ0v) is 12.5. The maximum Gasteiger partial charge on any atom is 0.288 e. The first-order valence-corrected chi connectivity index (χ1v) is 6.89. The molecule has 0 aliphatic heterocycles. The standard InChI is InChI=1S/C14H12N6O4/c1-8-10(5-9(6-15-8)20(22)23)14(21)16-7-12-17-13(19-18-12)11-3-2-4-24-11/h2-6H,7H2,1H3,(H,16,21)(H,17,18,19). The van der Waals surface area contributed by atoms with E-state index in [0.717, 1.165) is 6.20 Å². The third kappa shape index (κ3) is 3.11. The number of nitro groups is 1. The highest BCUT2D eigenvalue weighted by atomic mass is 16.6. The molecule has 3 aromatic heterocycles. The summed E-state index contributed by atoms with van der Waals surface area (Å²) in [5.41, 5.74) is 0.285. The van der Waals surface area contributed by atoms with Gasteiger partial charge in [-0.3, -0.25) is 25.0 Å². The molecule has 0 saturated heterocycles. The van der Waals surface area contributed by atoms with Crippen LogP contribution in [0.5, 0.6) is 0 Å². The number of nitrogens with zero attached hydrogens (tertiary/aromatic N) is 4. The smallest absolute Gasteiger partial charge is 0.288 e. The van der Waals surface area contributed by atoms with Gasteiger partial charge in [-0.05, 0) is 19.1 Å². The minimum atomic E-state index is -0.602. The molecule has 0 saturated carbocycles. The third-order valence-corrected chi connectivity index (χ3v) is 3.22. The monoisotopic (exact) mass is 328 g/mol. The fraction of sp³-hybridized carbons (Fsp3) is 0.143. The quantitative estimate of drug-likeness (QED) is 0.535. The Morgan fingerprint density at radius 3 is 3.04 bits per heavy atom. The van der Waals surface area contributed by atoms with Crippen molar-refractivity contribution in [1.29, 1.82) is 0 Å². The maximum atomic E-state index is 12.2. The zero-order valence-electron chi connectivity index (χ0n) is 12.5. The number of aryl methyl sites for hydroxylation is 1. The van der Waals surface area contributed by atoms with Gasteiger partial charge >= 0.3 is 0 Å². The van der Waals surface area contributed by atoms with Gasteiger partial charge < -0.3 is 9.73 Å². The highest BCUT2D eigenvalue weighted by Gasteiger charge is 2.16. The lowest BCUT2D eigenvalue weighted by Crippen LogP contribution is -2.24. The van der Waals surface area contributed by atoms with Gasteiger partial charge in [0, 0.05) is 6.07 Å².